The molecule has 1 aliphatic heterocycles. The van der Waals surface area contributed by atoms with E-state index in [1.165, 1.54) is 24.4 Å². The summed E-state index contributed by atoms with van der Waals surface area (Å²) in [6, 6.07) is -0.105. The molecular formula is C12H15N5O2S. The maximum atomic E-state index is 9.95. The van der Waals surface area contributed by atoms with Crippen LogP contribution < -0.4 is 4.90 Å². The molecule has 0 spiro atoms. The fraction of sp³-hybridized carbons (Fsp3) is 0.667. The highest BCUT2D eigenvalue weighted by Crippen LogP contribution is 2.42. The Morgan fingerprint density at radius 1 is 1.35 bits per heavy atom. The zero-order chi connectivity index (χ0) is 13.7. The predicted molar refractivity (Wildman–Crippen MR) is 71.6 cm³/mol. The summed E-state index contributed by atoms with van der Waals surface area (Å²) in [6.07, 6.45) is 2.55. The van der Waals surface area contributed by atoms with Gasteiger partial charge in [-0.1, -0.05) is 5.16 Å². The number of β-amino-alcohol motifs (C(OH)–C–C–N with tert-alkyl or cyclic N) is 1. The van der Waals surface area contributed by atoms with Crippen LogP contribution in [-0.4, -0.2) is 37.3 Å². The largest absolute Gasteiger partial charge is 0.391 e. The lowest BCUT2D eigenvalue weighted by atomic mass is 10.2. The zero-order valence-corrected chi connectivity index (χ0v) is 11.9. The van der Waals surface area contributed by atoms with Gasteiger partial charge in [0.1, 0.15) is 11.9 Å². The van der Waals surface area contributed by atoms with Crippen molar-refractivity contribution < 1.29 is 9.63 Å². The molecule has 4 rings (SSSR count). The molecule has 2 fully saturated rings. The Morgan fingerprint density at radius 2 is 2.20 bits per heavy atom. The summed E-state index contributed by atoms with van der Waals surface area (Å²) in [7, 11) is 0. The third kappa shape index (κ3) is 2.08. The summed E-state index contributed by atoms with van der Waals surface area (Å²) >= 11 is 1.39. The van der Waals surface area contributed by atoms with Gasteiger partial charge in [-0.05, 0) is 19.8 Å². The molecule has 2 aliphatic rings. The fourth-order valence-electron chi connectivity index (χ4n) is 2.56. The van der Waals surface area contributed by atoms with Crippen molar-refractivity contribution in [2.75, 3.05) is 11.4 Å². The van der Waals surface area contributed by atoms with Gasteiger partial charge in [0.25, 0.3) is 0 Å². The molecule has 7 nitrogen and oxygen atoms in total. The lowest BCUT2D eigenvalue weighted by molar-refractivity contribution is 0.191. The Morgan fingerprint density at radius 3 is 2.90 bits per heavy atom. The SMILES string of the molecule is Cc1noc([C@H]2C[C@H](O)CN2c2nc(C3CC3)ns2)n1. The molecular weight excluding hydrogens is 278 g/mol. The van der Waals surface area contributed by atoms with Gasteiger partial charge in [0, 0.05) is 30.4 Å². The van der Waals surface area contributed by atoms with E-state index in [9.17, 15) is 5.11 Å². The highest BCUT2D eigenvalue weighted by Gasteiger charge is 2.38. The Labute approximate surface area is 119 Å². The van der Waals surface area contributed by atoms with Gasteiger partial charge in [0.05, 0.1) is 6.10 Å². The van der Waals surface area contributed by atoms with E-state index in [0.717, 1.165) is 11.0 Å². The quantitative estimate of drug-likeness (QED) is 0.915. The first-order valence-electron chi connectivity index (χ1n) is 6.79. The van der Waals surface area contributed by atoms with E-state index in [1.807, 2.05) is 4.90 Å². The summed E-state index contributed by atoms with van der Waals surface area (Å²) in [5.74, 6) is 2.63. The summed E-state index contributed by atoms with van der Waals surface area (Å²) in [5, 5.41) is 14.6. The van der Waals surface area contributed by atoms with Crippen LogP contribution in [0.1, 0.15) is 48.8 Å². The third-order valence-corrected chi connectivity index (χ3v) is 4.49. The van der Waals surface area contributed by atoms with Crippen LogP contribution in [0.15, 0.2) is 4.52 Å². The van der Waals surface area contributed by atoms with Gasteiger partial charge in [0.15, 0.2) is 5.82 Å². The highest BCUT2D eigenvalue weighted by atomic mass is 32.1. The minimum Gasteiger partial charge on any atom is -0.391 e. The van der Waals surface area contributed by atoms with Crippen molar-refractivity contribution in [2.45, 2.75) is 44.2 Å². The van der Waals surface area contributed by atoms with Crippen molar-refractivity contribution in [3.8, 4) is 0 Å². The van der Waals surface area contributed by atoms with E-state index >= 15 is 0 Å². The summed E-state index contributed by atoms with van der Waals surface area (Å²) < 4.78 is 9.68. The van der Waals surface area contributed by atoms with Gasteiger partial charge < -0.3 is 14.5 Å². The van der Waals surface area contributed by atoms with Crippen LogP contribution in [0.3, 0.4) is 0 Å². The normalized spacial score (nSPS) is 26.4. The van der Waals surface area contributed by atoms with E-state index in [4.69, 9.17) is 4.52 Å². The predicted octanol–water partition coefficient (Wildman–Crippen LogP) is 1.42. The van der Waals surface area contributed by atoms with Gasteiger partial charge in [-0.15, -0.1) is 0 Å². The Kier molecular flexibility index (Phi) is 2.74. The van der Waals surface area contributed by atoms with Crippen molar-refractivity contribution in [1.82, 2.24) is 19.5 Å². The van der Waals surface area contributed by atoms with Gasteiger partial charge in [-0.2, -0.15) is 9.36 Å². The molecule has 1 saturated carbocycles. The lowest BCUT2D eigenvalue weighted by Crippen LogP contribution is -2.24. The maximum Gasteiger partial charge on any atom is 0.249 e. The number of aliphatic hydroxyl groups excluding tert-OH is 1. The second kappa shape index (κ2) is 4.49. The molecule has 0 aromatic carbocycles. The molecule has 8 heteroatoms. The average molecular weight is 293 g/mol. The molecule has 0 radical (unpaired) electrons. The van der Waals surface area contributed by atoms with E-state index in [-0.39, 0.29) is 6.04 Å². The first-order valence-corrected chi connectivity index (χ1v) is 7.56. The molecule has 0 unspecified atom stereocenters. The second-order valence-corrected chi connectivity index (χ2v) is 6.18. The molecule has 0 amide bonds. The van der Waals surface area contributed by atoms with Gasteiger partial charge >= 0.3 is 0 Å². The second-order valence-electron chi connectivity index (χ2n) is 5.45. The Hall–Kier alpha value is -1.54. The van der Waals surface area contributed by atoms with Crippen LogP contribution in [-0.2, 0) is 0 Å². The monoisotopic (exact) mass is 293 g/mol. The first-order chi connectivity index (χ1) is 9.70. The number of nitrogens with zero attached hydrogens (tertiary/aromatic N) is 5. The topological polar surface area (TPSA) is 88.2 Å². The first kappa shape index (κ1) is 12.2. The summed E-state index contributed by atoms with van der Waals surface area (Å²) in [5.41, 5.74) is 0. The molecule has 2 aromatic rings. The van der Waals surface area contributed by atoms with Gasteiger partial charge in [-0.25, -0.2) is 4.98 Å². The number of hydrogen-bond acceptors (Lipinski definition) is 8. The standard InChI is InChI=1S/C12H15N5O2S/c1-6-13-11(19-15-6)9-4-8(18)5-17(9)12-14-10(16-20-12)7-2-3-7/h7-9,18H,2-5H2,1H3/t8-,9+/m0/s1. The van der Waals surface area contributed by atoms with Crippen LogP contribution in [0.4, 0.5) is 5.13 Å². The molecule has 1 N–H and O–H groups in total. The molecule has 2 aromatic heterocycles. The molecule has 20 heavy (non-hydrogen) atoms. The van der Waals surface area contributed by atoms with E-state index in [0.29, 0.717) is 30.6 Å². The van der Waals surface area contributed by atoms with Crippen molar-refractivity contribution in [1.29, 1.82) is 0 Å². The number of aryl methyl sites for hydroxylation is 1. The van der Waals surface area contributed by atoms with Crippen LogP contribution in [0.25, 0.3) is 0 Å². The number of rotatable bonds is 3. The van der Waals surface area contributed by atoms with Crippen LogP contribution in [0.5, 0.6) is 0 Å². The van der Waals surface area contributed by atoms with Crippen molar-refractivity contribution in [3.05, 3.63) is 17.5 Å². The van der Waals surface area contributed by atoms with Crippen LogP contribution >= 0.6 is 11.5 Å². The maximum absolute atomic E-state index is 9.95. The summed E-state index contributed by atoms with van der Waals surface area (Å²) in [6.45, 7) is 2.32. The highest BCUT2D eigenvalue weighted by molar-refractivity contribution is 7.09. The van der Waals surface area contributed by atoms with Gasteiger partial charge in [0.2, 0.25) is 11.0 Å². The number of anilines is 1. The van der Waals surface area contributed by atoms with Crippen molar-refractivity contribution in [3.63, 3.8) is 0 Å². The minimum atomic E-state index is -0.402. The molecule has 1 aliphatic carbocycles. The van der Waals surface area contributed by atoms with Crippen LogP contribution in [0, 0.1) is 6.92 Å². The molecule has 3 heterocycles. The molecule has 2 atom stereocenters. The van der Waals surface area contributed by atoms with Gasteiger partial charge in [-0.3, -0.25) is 0 Å². The average Bonchev–Trinajstić information content (AvgIpc) is 2.86. The smallest absolute Gasteiger partial charge is 0.249 e. The third-order valence-electron chi connectivity index (χ3n) is 3.73. The van der Waals surface area contributed by atoms with Crippen LogP contribution in [0.2, 0.25) is 0 Å². The minimum absolute atomic E-state index is 0.105. The number of aliphatic hydroxyl groups is 1. The van der Waals surface area contributed by atoms with E-state index in [2.05, 4.69) is 19.5 Å². The summed E-state index contributed by atoms with van der Waals surface area (Å²) in [4.78, 5) is 10.9. The van der Waals surface area contributed by atoms with E-state index in [1.54, 1.807) is 6.92 Å². The fourth-order valence-corrected chi connectivity index (χ4v) is 3.36. The molecule has 106 valence electrons. The van der Waals surface area contributed by atoms with Crippen molar-refractivity contribution >= 4 is 16.7 Å². The zero-order valence-electron chi connectivity index (χ0n) is 11.1. The molecule has 1 saturated heterocycles. The lowest BCUT2D eigenvalue weighted by Gasteiger charge is -2.19. The van der Waals surface area contributed by atoms with Crippen molar-refractivity contribution in [2.24, 2.45) is 0 Å². The van der Waals surface area contributed by atoms with E-state index < -0.39 is 6.10 Å². The Balaban J connectivity index is 1.63. The Bertz CT molecular complexity index is 623. The number of aromatic nitrogens is 4. The molecule has 0 bridgehead atoms. The number of hydrogen-bond donors (Lipinski definition) is 1.